The van der Waals surface area contributed by atoms with Gasteiger partial charge in [-0.25, -0.2) is 4.79 Å². The second-order valence-corrected chi connectivity index (χ2v) is 2.91. The fourth-order valence-corrected chi connectivity index (χ4v) is 1.08. The molecule has 2 amide bonds. The molecule has 0 fully saturated rings. The van der Waals surface area contributed by atoms with Crippen LogP contribution in [0.15, 0.2) is 24.3 Å². The molecule has 0 spiro atoms. The number of ether oxygens (including phenoxy) is 1. The second-order valence-electron chi connectivity index (χ2n) is 2.91. The minimum Gasteiger partial charge on any atom is -0.491 e. The minimum absolute atomic E-state index is 0.0748. The van der Waals surface area contributed by atoms with Crippen LogP contribution in [0, 0.1) is 0 Å². The Morgan fingerprint density at radius 3 is 2.87 bits per heavy atom. The van der Waals surface area contributed by atoms with Crippen LogP contribution in [0.3, 0.4) is 0 Å². The van der Waals surface area contributed by atoms with Gasteiger partial charge in [0.15, 0.2) is 0 Å². The lowest BCUT2D eigenvalue weighted by Gasteiger charge is -2.10. The summed E-state index contributed by atoms with van der Waals surface area (Å²) in [5.41, 5.74) is 5.53. The first-order valence-electron chi connectivity index (χ1n) is 4.63. The summed E-state index contributed by atoms with van der Waals surface area (Å²) in [5, 5.41) is 11.0. The van der Waals surface area contributed by atoms with Crippen molar-refractivity contribution in [2.45, 2.75) is 6.42 Å². The van der Waals surface area contributed by atoms with Gasteiger partial charge in [-0.2, -0.15) is 0 Å². The Morgan fingerprint density at radius 2 is 2.20 bits per heavy atom. The molecule has 1 aromatic rings. The lowest BCUT2D eigenvalue weighted by atomic mass is 10.3. The Bertz CT molecular complexity index is 328. The summed E-state index contributed by atoms with van der Waals surface area (Å²) < 4.78 is 5.35. The number of amides is 2. The number of rotatable bonds is 5. The molecule has 0 aliphatic carbocycles. The molecule has 82 valence electrons. The third-order valence-corrected chi connectivity index (χ3v) is 1.70. The van der Waals surface area contributed by atoms with Crippen LogP contribution < -0.4 is 15.8 Å². The summed E-state index contributed by atoms with van der Waals surface area (Å²) in [6.07, 6.45) is 0.547. The zero-order valence-corrected chi connectivity index (χ0v) is 8.27. The Labute approximate surface area is 87.9 Å². The number of hydrogen-bond acceptors (Lipinski definition) is 3. The largest absolute Gasteiger partial charge is 0.491 e. The third kappa shape index (κ3) is 3.86. The van der Waals surface area contributed by atoms with Crippen molar-refractivity contribution < 1.29 is 14.6 Å². The van der Waals surface area contributed by atoms with Crippen molar-refractivity contribution in [2.75, 3.05) is 18.5 Å². The van der Waals surface area contributed by atoms with Gasteiger partial charge >= 0.3 is 6.03 Å². The van der Waals surface area contributed by atoms with Crippen LogP contribution in [-0.2, 0) is 0 Å². The molecule has 0 saturated heterocycles. The van der Waals surface area contributed by atoms with Gasteiger partial charge in [0.1, 0.15) is 5.75 Å². The van der Waals surface area contributed by atoms with E-state index in [1.807, 2.05) is 0 Å². The standard InChI is InChI=1S/C10H14N2O3/c11-10(14)12-8-4-1-2-5-9(8)15-7-3-6-13/h1-2,4-5,13H,3,6-7H2,(H3,11,12,14). The average Bonchev–Trinajstić information content (AvgIpc) is 2.20. The quantitative estimate of drug-likeness (QED) is 0.632. The Hall–Kier alpha value is -1.75. The predicted octanol–water partition coefficient (Wildman–Crippen LogP) is 0.938. The summed E-state index contributed by atoms with van der Waals surface area (Å²) in [6, 6.07) is 6.35. The summed E-state index contributed by atoms with van der Waals surface area (Å²) in [7, 11) is 0. The Kier molecular flexibility index (Phi) is 4.43. The van der Waals surface area contributed by atoms with Crippen LogP contribution in [0.4, 0.5) is 10.5 Å². The first-order valence-corrected chi connectivity index (χ1v) is 4.63. The highest BCUT2D eigenvalue weighted by Crippen LogP contribution is 2.23. The maximum Gasteiger partial charge on any atom is 0.316 e. The number of aliphatic hydroxyl groups excluding tert-OH is 1. The highest BCUT2D eigenvalue weighted by Gasteiger charge is 2.03. The number of urea groups is 1. The van der Waals surface area contributed by atoms with E-state index in [0.717, 1.165) is 0 Å². The van der Waals surface area contributed by atoms with Crippen molar-refractivity contribution in [1.82, 2.24) is 0 Å². The zero-order valence-electron chi connectivity index (χ0n) is 8.27. The van der Waals surface area contributed by atoms with E-state index in [1.54, 1.807) is 24.3 Å². The van der Waals surface area contributed by atoms with Crippen LogP contribution >= 0.6 is 0 Å². The van der Waals surface area contributed by atoms with E-state index in [2.05, 4.69) is 5.32 Å². The van der Waals surface area contributed by atoms with Crippen LogP contribution in [0.5, 0.6) is 5.75 Å². The molecule has 0 bridgehead atoms. The zero-order chi connectivity index (χ0) is 11.1. The number of nitrogens with one attached hydrogen (secondary N) is 1. The summed E-state index contributed by atoms with van der Waals surface area (Å²) >= 11 is 0. The van der Waals surface area contributed by atoms with E-state index in [1.165, 1.54) is 0 Å². The molecule has 5 heteroatoms. The average molecular weight is 210 g/mol. The number of primary amides is 1. The van der Waals surface area contributed by atoms with Gasteiger partial charge in [0.25, 0.3) is 0 Å². The fourth-order valence-electron chi connectivity index (χ4n) is 1.08. The molecule has 0 radical (unpaired) electrons. The summed E-state index contributed by atoms with van der Waals surface area (Å²) in [4.78, 5) is 10.7. The van der Waals surface area contributed by atoms with Crippen molar-refractivity contribution in [3.05, 3.63) is 24.3 Å². The number of carbonyl (C=O) groups is 1. The highest BCUT2D eigenvalue weighted by molar-refractivity contribution is 5.89. The van der Waals surface area contributed by atoms with Gasteiger partial charge in [-0.05, 0) is 12.1 Å². The molecule has 0 atom stereocenters. The summed E-state index contributed by atoms with van der Waals surface area (Å²) in [5.74, 6) is 0.546. The predicted molar refractivity (Wildman–Crippen MR) is 56.8 cm³/mol. The van der Waals surface area contributed by atoms with E-state index in [9.17, 15) is 4.79 Å². The molecule has 1 rings (SSSR count). The number of carbonyl (C=O) groups excluding carboxylic acids is 1. The van der Waals surface area contributed by atoms with Crippen LogP contribution in [0.1, 0.15) is 6.42 Å². The molecule has 5 nitrogen and oxygen atoms in total. The molecule has 0 aliphatic rings. The number of anilines is 1. The molecule has 15 heavy (non-hydrogen) atoms. The van der Waals surface area contributed by atoms with E-state index >= 15 is 0 Å². The van der Waals surface area contributed by atoms with Gasteiger partial charge in [0.05, 0.1) is 12.3 Å². The van der Waals surface area contributed by atoms with Crippen LogP contribution in [0.2, 0.25) is 0 Å². The molecule has 0 saturated carbocycles. The lowest BCUT2D eigenvalue weighted by molar-refractivity contribution is 0.234. The number of benzene rings is 1. The van der Waals surface area contributed by atoms with E-state index in [-0.39, 0.29) is 6.61 Å². The van der Waals surface area contributed by atoms with Gasteiger partial charge < -0.3 is 20.9 Å². The SMILES string of the molecule is NC(=O)Nc1ccccc1OCCCO. The lowest BCUT2D eigenvalue weighted by Crippen LogP contribution is -2.19. The molecule has 0 aliphatic heterocycles. The molecular weight excluding hydrogens is 196 g/mol. The van der Waals surface area contributed by atoms with Gasteiger partial charge in [0.2, 0.25) is 0 Å². The smallest absolute Gasteiger partial charge is 0.316 e. The van der Waals surface area contributed by atoms with Gasteiger partial charge in [-0.3, -0.25) is 0 Å². The summed E-state index contributed by atoms with van der Waals surface area (Å²) in [6.45, 7) is 0.472. The van der Waals surface area contributed by atoms with Crippen molar-refractivity contribution in [1.29, 1.82) is 0 Å². The normalized spacial score (nSPS) is 9.67. The van der Waals surface area contributed by atoms with Crippen LogP contribution in [-0.4, -0.2) is 24.4 Å². The van der Waals surface area contributed by atoms with Crippen molar-refractivity contribution in [2.24, 2.45) is 5.73 Å². The van der Waals surface area contributed by atoms with Crippen LogP contribution in [0.25, 0.3) is 0 Å². The number of aliphatic hydroxyl groups is 1. The third-order valence-electron chi connectivity index (χ3n) is 1.70. The van der Waals surface area contributed by atoms with Crippen molar-refractivity contribution >= 4 is 11.7 Å². The van der Waals surface area contributed by atoms with Crippen molar-refractivity contribution in [3.8, 4) is 5.75 Å². The topological polar surface area (TPSA) is 84.6 Å². The minimum atomic E-state index is -0.631. The monoisotopic (exact) mass is 210 g/mol. The highest BCUT2D eigenvalue weighted by atomic mass is 16.5. The number of nitrogens with two attached hydrogens (primary N) is 1. The first kappa shape index (κ1) is 11.3. The maximum absolute atomic E-state index is 10.7. The molecule has 4 N–H and O–H groups in total. The molecule has 0 unspecified atom stereocenters. The number of hydrogen-bond donors (Lipinski definition) is 3. The maximum atomic E-state index is 10.7. The van der Waals surface area contributed by atoms with Gasteiger partial charge in [0, 0.05) is 13.0 Å². The number of para-hydroxylation sites is 2. The van der Waals surface area contributed by atoms with E-state index in [4.69, 9.17) is 15.6 Å². The first-order chi connectivity index (χ1) is 7.24. The molecular formula is C10H14N2O3. The molecule has 0 aromatic heterocycles. The van der Waals surface area contributed by atoms with Gasteiger partial charge in [-0.1, -0.05) is 12.1 Å². The van der Waals surface area contributed by atoms with E-state index < -0.39 is 6.03 Å². The molecule has 1 aromatic carbocycles. The Balaban J connectivity index is 2.64. The second kappa shape index (κ2) is 5.87. The van der Waals surface area contributed by atoms with Gasteiger partial charge in [-0.15, -0.1) is 0 Å². The fraction of sp³-hybridized carbons (Fsp3) is 0.300. The van der Waals surface area contributed by atoms with E-state index in [0.29, 0.717) is 24.5 Å². The van der Waals surface area contributed by atoms with Crippen molar-refractivity contribution in [3.63, 3.8) is 0 Å². The molecule has 0 heterocycles. The Morgan fingerprint density at radius 1 is 1.47 bits per heavy atom.